The number of primary amides is 1. The fourth-order valence-corrected chi connectivity index (χ4v) is 2.66. The smallest absolute Gasteiger partial charge is 0.254 e. The van der Waals surface area contributed by atoms with Crippen molar-refractivity contribution < 1.29 is 9.59 Å². The van der Waals surface area contributed by atoms with E-state index in [9.17, 15) is 9.59 Å². The molecule has 0 radical (unpaired) electrons. The van der Waals surface area contributed by atoms with Gasteiger partial charge in [0.05, 0.1) is 0 Å². The van der Waals surface area contributed by atoms with Crippen LogP contribution in [0.4, 0.5) is 0 Å². The van der Waals surface area contributed by atoms with E-state index in [1.54, 1.807) is 0 Å². The first-order chi connectivity index (χ1) is 9.08. The van der Waals surface area contributed by atoms with Gasteiger partial charge in [-0.05, 0) is 38.3 Å². The first-order valence-corrected chi connectivity index (χ1v) is 6.74. The van der Waals surface area contributed by atoms with Gasteiger partial charge in [0, 0.05) is 24.6 Å². The molecule has 0 saturated carbocycles. The number of piperidine rings is 1. The lowest BCUT2D eigenvalue weighted by atomic mass is 9.97. The average Bonchev–Trinajstić information content (AvgIpc) is 2.38. The first-order valence-electron chi connectivity index (χ1n) is 6.74. The molecule has 19 heavy (non-hydrogen) atoms. The molecule has 1 atom stereocenters. The molecule has 1 aliphatic heterocycles. The Morgan fingerprint density at radius 3 is 2.84 bits per heavy atom. The van der Waals surface area contributed by atoms with E-state index in [0.29, 0.717) is 12.1 Å². The SMILES string of the molecule is Cc1cccc(C(=O)N2CCCCC2CC(N)=O)c1. The standard InChI is InChI=1S/C15H20N2O2/c1-11-5-4-6-12(9-11)15(19)17-8-3-2-7-13(17)10-14(16)18/h4-6,9,13H,2-3,7-8,10H2,1H3,(H2,16,18). The van der Waals surface area contributed by atoms with Crippen molar-refractivity contribution in [3.63, 3.8) is 0 Å². The highest BCUT2D eigenvalue weighted by Crippen LogP contribution is 2.22. The summed E-state index contributed by atoms with van der Waals surface area (Å²) in [5, 5.41) is 0. The van der Waals surface area contributed by atoms with Gasteiger partial charge in [-0.1, -0.05) is 17.7 Å². The zero-order valence-electron chi connectivity index (χ0n) is 11.3. The number of carbonyl (C=O) groups is 2. The van der Waals surface area contributed by atoms with Crippen molar-refractivity contribution in [3.8, 4) is 0 Å². The van der Waals surface area contributed by atoms with Crippen LogP contribution in [0.1, 0.15) is 41.6 Å². The molecule has 1 unspecified atom stereocenters. The van der Waals surface area contributed by atoms with Crippen LogP contribution in [-0.4, -0.2) is 29.3 Å². The van der Waals surface area contributed by atoms with E-state index in [2.05, 4.69) is 0 Å². The highest BCUT2D eigenvalue weighted by atomic mass is 16.2. The summed E-state index contributed by atoms with van der Waals surface area (Å²) in [7, 11) is 0. The molecule has 0 aromatic heterocycles. The van der Waals surface area contributed by atoms with Crippen LogP contribution in [0.3, 0.4) is 0 Å². The van der Waals surface area contributed by atoms with Gasteiger partial charge in [0.15, 0.2) is 0 Å². The lowest BCUT2D eigenvalue weighted by Crippen LogP contribution is -2.45. The summed E-state index contributed by atoms with van der Waals surface area (Å²) in [5.41, 5.74) is 7.03. The molecule has 2 amide bonds. The van der Waals surface area contributed by atoms with Crippen molar-refractivity contribution in [1.82, 2.24) is 4.90 Å². The molecule has 0 aliphatic carbocycles. The van der Waals surface area contributed by atoms with Crippen LogP contribution in [0.25, 0.3) is 0 Å². The number of benzene rings is 1. The summed E-state index contributed by atoms with van der Waals surface area (Å²) in [6.45, 7) is 2.68. The molecule has 2 rings (SSSR count). The molecule has 0 spiro atoms. The van der Waals surface area contributed by atoms with Crippen LogP contribution < -0.4 is 5.73 Å². The van der Waals surface area contributed by atoms with Crippen molar-refractivity contribution >= 4 is 11.8 Å². The number of likely N-dealkylation sites (tertiary alicyclic amines) is 1. The van der Waals surface area contributed by atoms with Gasteiger partial charge in [-0.3, -0.25) is 9.59 Å². The van der Waals surface area contributed by atoms with Crippen LogP contribution in [-0.2, 0) is 4.79 Å². The molecular formula is C15H20N2O2. The number of hydrogen-bond acceptors (Lipinski definition) is 2. The van der Waals surface area contributed by atoms with Crippen LogP contribution in [0.2, 0.25) is 0 Å². The minimum Gasteiger partial charge on any atom is -0.370 e. The monoisotopic (exact) mass is 260 g/mol. The number of hydrogen-bond donors (Lipinski definition) is 1. The third-order valence-corrected chi connectivity index (χ3v) is 3.59. The highest BCUT2D eigenvalue weighted by molar-refractivity contribution is 5.95. The summed E-state index contributed by atoms with van der Waals surface area (Å²) < 4.78 is 0. The molecule has 1 aliphatic rings. The minimum absolute atomic E-state index is 0.00894. The summed E-state index contributed by atoms with van der Waals surface area (Å²) in [6, 6.07) is 7.52. The van der Waals surface area contributed by atoms with Crippen molar-refractivity contribution in [2.24, 2.45) is 5.73 Å². The minimum atomic E-state index is -0.339. The average molecular weight is 260 g/mol. The Morgan fingerprint density at radius 1 is 1.37 bits per heavy atom. The normalized spacial score (nSPS) is 19.2. The molecule has 1 aromatic carbocycles. The van der Waals surface area contributed by atoms with E-state index in [1.807, 2.05) is 36.1 Å². The van der Waals surface area contributed by atoms with Gasteiger partial charge >= 0.3 is 0 Å². The predicted octanol–water partition coefficient (Wildman–Crippen LogP) is 1.87. The second-order valence-corrected chi connectivity index (χ2v) is 5.19. The number of rotatable bonds is 3. The Balaban J connectivity index is 2.17. The van der Waals surface area contributed by atoms with Gasteiger partial charge in [-0.2, -0.15) is 0 Å². The highest BCUT2D eigenvalue weighted by Gasteiger charge is 2.28. The largest absolute Gasteiger partial charge is 0.370 e. The number of nitrogens with zero attached hydrogens (tertiary/aromatic N) is 1. The fraction of sp³-hybridized carbons (Fsp3) is 0.467. The van der Waals surface area contributed by atoms with Gasteiger partial charge in [0.2, 0.25) is 5.91 Å². The first kappa shape index (κ1) is 13.6. The van der Waals surface area contributed by atoms with Crippen molar-refractivity contribution in [3.05, 3.63) is 35.4 Å². The number of aryl methyl sites for hydroxylation is 1. The van der Waals surface area contributed by atoms with Crippen molar-refractivity contribution in [1.29, 1.82) is 0 Å². The molecule has 4 nitrogen and oxygen atoms in total. The van der Waals surface area contributed by atoms with E-state index < -0.39 is 0 Å². The van der Waals surface area contributed by atoms with Gasteiger partial charge in [0.25, 0.3) is 5.91 Å². The molecule has 4 heteroatoms. The molecule has 1 aromatic rings. The van der Waals surface area contributed by atoms with E-state index in [0.717, 1.165) is 24.8 Å². The summed E-state index contributed by atoms with van der Waals surface area (Å²) in [6.07, 6.45) is 3.17. The Morgan fingerprint density at radius 2 is 2.16 bits per heavy atom. The zero-order chi connectivity index (χ0) is 13.8. The van der Waals surface area contributed by atoms with E-state index in [-0.39, 0.29) is 24.3 Å². The molecular weight excluding hydrogens is 240 g/mol. The maximum Gasteiger partial charge on any atom is 0.254 e. The van der Waals surface area contributed by atoms with Gasteiger partial charge in [-0.15, -0.1) is 0 Å². The quantitative estimate of drug-likeness (QED) is 0.901. The summed E-state index contributed by atoms with van der Waals surface area (Å²) in [4.78, 5) is 25.4. The molecule has 2 N–H and O–H groups in total. The van der Waals surface area contributed by atoms with Gasteiger partial charge in [0.1, 0.15) is 0 Å². The Labute approximate surface area is 113 Å². The Bertz CT molecular complexity index is 485. The molecule has 1 heterocycles. The molecule has 102 valence electrons. The lowest BCUT2D eigenvalue weighted by Gasteiger charge is -2.35. The number of amides is 2. The van der Waals surface area contributed by atoms with Gasteiger partial charge < -0.3 is 10.6 Å². The topological polar surface area (TPSA) is 63.4 Å². The van der Waals surface area contributed by atoms with Gasteiger partial charge in [-0.25, -0.2) is 0 Å². The van der Waals surface area contributed by atoms with E-state index in [1.165, 1.54) is 0 Å². The number of nitrogens with two attached hydrogens (primary N) is 1. The van der Waals surface area contributed by atoms with Crippen molar-refractivity contribution in [2.75, 3.05) is 6.54 Å². The lowest BCUT2D eigenvalue weighted by molar-refractivity contribution is -0.119. The van der Waals surface area contributed by atoms with E-state index >= 15 is 0 Å². The second-order valence-electron chi connectivity index (χ2n) is 5.19. The molecule has 1 fully saturated rings. The number of carbonyl (C=O) groups excluding carboxylic acids is 2. The maximum atomic E-state index is 12.5. The Kier molecular flexibility index (Phi) is 4.20. The molecule has 1 saturated heterocycles. The summed E-state index contributed by atoms with van der Waals surface area (Å²) >= 11 is 0. The maximum absolute atomic E-state index is 12.5. The fourth-order valence-electron chi connectivity index (χ4n) is 2.66. The predicted molar refractivity (Wildman–Crippen MR) is 73.7 cm³/mol. The summed E-state index contributed by atoms with van der Waals surface area (Å²) in [5.74, 6) is -0.330. The second kappa shape index (κ2) is 5.87. The third-order valence-electron chi connectivity index (χ3n) is 3.59. The third kappa shape index (κ3) is 3.34. The van der Waals surface area contributed by atoms with E-state index in [4.69, 9.17) is 5.73 Å². The van der Waals surface area contributed by atoms with Crippen LogP contribution in [0, 0.1) is 6.92 Å². The molecule has 0 bridgehead atoms. The van der Waals surface area contributed by atoms with Crippen LogP contribution in [0.5, 0.6) is 0 Å². The van der Waals surface area contributed by atoms with Crippen molar-refractivity contribution in [2.45, 2.75) is 38.6 Å². The van der Waals surface area contributed by atoms with Crippen LogP contribution >= 0.6 is 0 Å². The Hall–Kier alpha value is -1.84. The van der Waals surface area contributed by atoms with Crippen LogP contribution in [0.15, 0.2) is 24.3 Å². The zero-order valence-corrected chi connectivity index (χ0v) is 11.3.